The number of carbonyl (C=O) groups is 1. The van der Waals surface area contributed by atoms with Gasteiger partial charge in [-0.25, -0.2) is 0 Å². The highest BCUT2D eigenvalue weighted by molar-refractivity contribution is 6.07. The molecule has 4 rings (SSSR count). The van der Waals surface area contributed by atoms with Crippen molar-refractivity contribution in [2.24, 2.45) is 51.5 Å². The molecule has 1 N–H and O–H groups in total. The maximum atomic E-state index is 13.3. The predicted molar refractivity (Wildman–Crippen MR) is 123 cm³/mol. The number of ketones is 1. The zero-order valence-corrected chi connectivity index (χ0v) is 19.9. The Labute approximate surface area is 183 Å². The largest absolute Gasteiger partial charge is 0.411 e. The molecule has 0 aromatic rings. The first-order chi connectivity index (χ1) is 14.2. The number of hydrogen-bond acceptors (Lipinski definition) is 3. The van der Waals surface area contributed by atoms with Crippen molar-refractivity contribution in [3.8, 4) is 0 Å². The molecule has 0 aliphatic heterocycles. The quantitative estimate of drug-likeness (QED) is 0.388. The van der Waals surface area contributed by atoms with Crippen LogP contribution < -0.4 is 0 Å². The van der Waals surface area contributed by atoms with Crippen molar-refractivity contribution in [2.45, 2.75) is 98.8 Å². The highest BCUT2D eigenvalue weighted by Gasteiger charge is 2.60. The minimum atomic E-state index is -0.0174. The SMILES string of the molecule is CC(C)CCC[C@@H](C)[C@@H]1CC[C@@H]2[C@H]3CC(=O)C4=CC(=NO)CC[C@]4(C)[C@@H]3CC[C@]21C. The summed E-state index contributed by atoms with van der Waals surface area (Å²) in [4.78, 5) is 13.3. The van der Waals surface area contributed by atoms with E-state index in [1.165, 1.54) is 44.9 Å². The van der Waals surface area contributed by atoms with Crippen molar-refractivity contribution in [2.75, 3.05) is 0 Å². The van der Waals surface area contributed by atoms with E-state index < -0.39 is 0 Å². The summed E-state index contributed by atoms with van der Waals surface area (Å²) in [6, 6.07) is 0. The molecule has 0 unspecified atom stereocenters. The van der Waals surface area contributed by atoms with Crippen LogP contribution in [0.3, 0.4) is 0 Å². The minimum Gasteiger partial charge on any atom is -0.411 e. The van der Waals surface area contributed by atoms with Gasteiger partial charge < -0.3 is 5.21 Å². The minimum absolute atomic E-state index is 0.0174. The van der Waals surface area contributed by atoms with E-state index in [0.29, 0.717) is 34.7 Å². The molecular weight excluding hydrogens is 370 g/mol. The Morgan fingerprint density at radius 3 is 2.57 bits per heavy atom. The Morgan fingerprint density at radius 1 is 1.10 bits per heavy atom. The molecule has 3 fully saturated rings. The molecule has 30 heavy (non-hydrogen) atoms. The number of allylic oxidation sites excluding steroid dienone is 2. The molecule has 168 valence electrons. The highest BCUT2D eigenvalue weighted by Crippen LogP contribution is 2.67. The summed E-state index contributed by atoms with van der Waals surface area (Å²) in [5.41, 5.74) is 2.05. The summed E-state index contributed by atoms with van der Waals surface area (Å²) in [6.45, 7) is 12.1. The van der Waals surface area contributed by atoms with E-state index >= 15 is 0 Å². The Morgan fingerprint density at radius 2 is 1.87 bits per heavy atom. The number of rotatable bonds is 5. The molecule has 0 spiro atoms. The maximum Gasteiger partial charge on any atom is 0.159 e. The summed E-state index contributed by atoms with van der Waals surface area (Å²) in [7, 11) is 0. The molecule has 4 aliphatic carbocycles. The van der Waals surface area contributed by atoms with Crippen LogP contribution in [-0.4, -0.2) is 16.7 Å². The van der Waals surface area contributed by atoms with Gasteiger partial charge in [0.2, 0.25) is 0 Å². The summed E-state index contributed by atoms with van der Waals surface area (Å²) in [5.74, 6) is 4.66. The summed E-state index contributed by atoms with van der Waals surface area (Å²) < 4.78 is 0. The van der Waals surface area contributed by atoms with Crippen LogP contribution in [-0.2, 0) is 4.79 Å². The third-order valence-electron chi connectivity index (χ3n) is 10.1. The smallest absolute Gasteiger partial charge is 0.159 e. The molecule has 0 bridgehead atoms. The fraction of sp³-hybridized carbons (Fsp3) is 0.852. The number of nitrogens with zero attached hydrogens (tertiary/aromatic N) is 1. The van der Waals surface area contributed by atoms with Gasteiger partial charge in [0.25, 0.3) is 0 Å². The molecule has 0 saturated heterocycles. The molecule has 3 saturated carbocycles. The molecular formula is C27H43NO2. The standard InChI is InChI=1S/C27H43NO2/c1-17(2)7-6-8-18(3)21-9-10-22-20-16-25(29)24-15-19(28-30)11-13-27(24,5)23(20)12-14-26(21,22)4/h15,17-18,20-23,30H,6-14,16H2,1-5H3/t18-,20-,21+,22-,23-,26+,27-/m1/s1. The molecule has 3 nitrogen and oxygen atoms in total. The van der Waals surface area contributed by atoms with Gasteiger partial charge in [0.15, 0.2) is 5.78 Å². The lowest BCUT2D eigenvalue weighted by Crippen LogP contribution is -2.53. The first-order valence-electron chi connectivity index (χ1n) is 12.7. The van der Waals surface area contributed by atoms with E-state index in [9.17, 15) is 10.0 Å². The molecule has 0 radical (unpaired) electrons. The van der Waals surface area contributed by atoms with Gasteiger partial charge in [0.1, 0.15) is 0 Å². The molecule has 0 aromatic heterocycles. The maximum absolute atomic E-state index is 13.3. The second-order valence-electron chi connectivity index (χ2n) is 12.1. The van der Waals surface area contributed by atoms with E-state index in [1.807, 2.05) is 6.08 Å². The number of Topliss-reactive ketones (excluding diaryl/α,β-unsaturated/α-hetero) is 1. The molecule has 7 atom stereocenters. The van der Waals surface area contributed by atoms with Crippen LogP contribution in [0.1, 0.15) is 98.8 Å². The number of fused-ring (bicyclic) bond motifs is 5. The molecule has 0 amide bonds. The fourth-order valence-corrected chi connectivity index (χ4v) is 8.50. The first-order valence-corrected chi connectivity index (χ1v) is 12.7. The second-order valence-corrected chi connectivity index (χ2v) is 12.1. The van der Waals surface area contributed by atoms with Crippen LogP contribution in [0.15, 0.2) is 16.8 Å². The topological polar surface area (TPSA) is 49.7 Å². The van der Waals surface area contributed by atoms with E-state index in [0.717, 1.165) is 42.6 Å². The number of carbonyl (C=O) groups excluding carboxylic acids is 1. The lowest BCUT2D eigenvalue weighted by molar-refractivity contribution is -0.128. The lowest BCUT2D eigenvalue weighted by atomic mass is 9.46. The van der Waals surface area contributed by atoms with Gasteiger partial charge in [-0.2, -0.15) is 0 Å². The van der Waals surface area contributed by atoms with Crippen molar-refractivity contribution in [1.82, 2.24) is 0 Å². The Hall–Kier alpha value is -1.12. The summed E-state index contributed by atoms with van der Waals surface area (Å²) in [5, 5.41) is 12.7. The number of hydrogen-bond donors (Lipinski definition) is 1. The van der Waals surface area contributed by atoms with E-state index in [1.54, 1.807) is 0 Å². The fourth-order valence-electron chi connectivity index (χ4n) is 8.50. The van der Waals surface area contributed by atoms with E-state index in [-0.39, 0.29) is 5.41 Å². The van der Waals surface area contributed by atoms with E-state index in [4.69, 9.17) is 0 Å². The molecule has 0 heterocycles. The summed E-state index contributed by atoms with van der Waals surface area (Å²) in [6.07, 6.45) is 13.8. The van der Waals surface area contributed by atoms with Crippen LogP contribution >= 0.6 is 0 Å². The zero-order chi connectivity index (χ0) is 21.7. The highest BCUT2D eigenvalue weighted by atomic mass is 16.4. The van der Waals surface area contributed by atoms with Crippen molar-refractivity contribution >= 4 is 11.5 Å². The van der Waals surface area contributed by atoms with Crippen molar-refractivity contribution in [3.63, 3.8) is 0 Å². The third-order valence-corrected chi connectivity index (χ3v) is 10.1. The summed E-state index contributed by atoms with van der Waals surface area (Å²) >= 11 is 0. The van der Waals surface area contributed by atoms with Crippen molar-refractivity contribution in [1.29, 1.82) is 0 Å². The third kappa shape index (κ3) is 3.48. The van der Waals surface area contributed by atoms with Crippen molar-refractivity contribution in [3.05, 3.63) is 11.6 Å². The normalized spacial score (nSPS) is 43.2. The van der Waals surface area contributed by atoms with Crippen LogP contribution in [0, 0.1) is 46.3 Å². The van der Waals surface area contributed by atoms with Gasteiger partial charge in [-0.3, -0.25) is 4.79 Å². The number of oxime groups is 1. The van der Waals surface area contributed by atoms with Crippen molar-refractivity contribution < 1.29 is 10.0 Å². The second kappa shape index (κ2) is 8.10. The first kappa shape index (κ1) is 22.1. The zero-order valence-electron chi connectivity index (χ0n) is 19.9. The van der Waals surface area contributed by atoms with Crippen LogP contribution in [0.25, 0.3) is 0 Å². The van der Waals surface area contributed by atoms with Gasteiger partial charge in [-0.05, 0) is 90.9 Å². The van der Waals surface area contributed by atoms with Gasteiger partial charge >= 0.3 is 0 Å². The van der Waals surface area contributed by atoms with Crippen LogP contribution in [0.2, 0.25) is 0 Å². The van der Waals surface area contributed by atoms with Gasteiger partial charge in [-0.15, -0.1) is 0 Å². The predicted octanol–water partition coefficient (Wildman–Crippen LogP) is 7.04. The van der Waals surface area contributed by atoms with Gasteiger partial charge in [0, 0.05) is 12.0 Å². The van der Waals surface area contributed by atoms with Gasteiger partial charge in [0.05, 0.1) is 5.71 Å². The van der Waals surface area contributed by atoms with Gasteiger partial charge in [-0.1, -0.05) is 59.0 Å². The Balaban J connectivity index is 1.54. The molecule has 3 heteroatoms. The van der Waals surface area contributed by atoms with Crippen LogP contribution in [0.5, 0.6) is 0 Å². The monoisotopic (exact) mass is 413 g/mol. The van der Waals surface area contributed by atoms with E-state index in [2.05, 4.69) is 39.8 Å². The average molecular weight is 414 g/mol. The molecule has 0 aromatic carbocycles. The Bertz CT molecular complexity index is 737. The van der Waals surface area contributed by atoms with Crippen LogP contribution in [0.4, 0.5) is 0 Å². The average Bonchev–Trinajstić information content (AvgIpc) is 3.05. The lowest BCUT2D eigenvalue weighted by Gasteiger charge is -2.58. The molecule has 4 aliphatic rings. The Kier molecular flexibility index (Phi) is 5.96.